The van der Waals surface area contributed by atoms with Crippen molar-refractivity contribution in [3.05, 3.63) is 22.6 Å². The first-order valence-corrected chi connectivity index (χ1v) is 7.31. The predicted molar refractivity (Wildman–Crippen MR) is 80.1 cm³/mol. The fourth-order valence-electron chi connectivity index (χ4n) is 2.15. The first kappa shape index (κ1) is 14.5. The van der Waals surface area contributed by atoms with Gasteiger partial charge in [0, 0.05) is 25.7 Å². The number of nitrogens with two attached hydrogens (primary N) is 1. The zero-order chi connectivity index (χ0) is 13.8. The van der Waals surface area contributed by atoms with E-state index in [0.717, 1.165) is 25.9 Å². The summed E-state index contributed by atoms with van der Waals surface area (Å²) in [5.74, 6) is 0.163. The van der Waals surface area contributed by atoms with Crippen molar-refractivity contribution in [1.29, 1.82) is 0 Å². The normalized spacial score (nSPS) is 17.3. The molecule has 2 heterocycles. The molecule has 0 aromatic carbocycles. The Morgan fingerprint density at radius 2 is 2.21 bits per heavy atom. The summed E-state index contributed by atoms with van der Waals surface area (Å²) in [4.78, 5) is 14.6. The number of rotatable bonds is 4. The van der Waals surface area contributed by atoms with Gasteiger partial charge in [-0.05, 0) is 40.9 Å². The summed E-state index contributed by atoms with van der Waals surface area (Å²) < 4.78 is 5.78. The van der Waals surface area contributed by atoms with Gasteiger partial charge < -0.3 is 15.5 Å². The number of hydrogen-bond donors (Lipinski definition) is 2. The molecule has 1 fully saturated rings. The molecule has 104 valence electrons. The molecule has 0 bridgehead atoms. The minimum Gasteiger partial charge on any atom is -0.444 e. The van der Waals surface area contributed by atoms with E-state index in [9.17, 15) is 4.79 Å². The number of piperidine rings is 1. The van der Waals surface area contributed by atoms with Crippen molar-refractivity contribution in [2.75, 3.05) is 19.6 Å². The van der Waals surface area contributed by atoms with Crippen LogP contribution in [0.3, 0.4) is 0 Å². The molecule has 0 aliphatic carbocycles. The van der Waals surface area contributed by atoms with Crippen LogP contribution in [-0.4, -0.2) is 41.5 Å². The smallest absolute Gasteiger partial charge is 0.287 e. The second kappa shape index (κ2) is 6.49. The molecule has 2 rings (SSSR count). The van der Waals surface area contributed by atoms with Crippen LogP contribution in [0.4, 0.5) is 0 Å². The van der Waals surface area contributed by atoms with Crippen LogP contribution in [0.2, 0.25) is 0 Å². The average molecular weight is 346 g/mol. The van der Waals surface area contributed by atoms with Gasteiger partial charge in [-0.25, -0.2) is 0 Å². The lowest BCUT2D eigenvalue weighted by atomic mass is 10.0. The van der Waals surface area contributed by atoms with Gasteiger partial charge in [0.1, 0.15) is 0 Å². The maximum atomic E-state index is 11.9. The highest BCUT2D eigenvalue weighted by molar-refractivity contribution is 9.10. The minimum atomic E-state index is -0.168. The van der Waals surface area contributed by atoms with Gasteiger partial charge in [-0.1, -0.05) is 12.2 Å². The number of likely N-dealkylation sites (tertiary alicyclic amines) is 1. The molecule has 1 aromatic heterocycles. The highest BCUT2D eigenvalue weighted by Crippen LogP contribution is 2.15. The third kappa shape index (κ3) is 4.29. The Morgan fingerprint density at radius 1 is 1.53 bits per heavy atom. The van der Waals surface area contributed by atoms with E-state index in [1.807, 2.05) is 0 Å². The molecule has 0 saturated carbocycles. The molecule has 5 nitrogen and oxygen atoms in total. The van der Waals surface area contributed by atoms with Gasteiger partial charge in [0.25, 0.3) is 5.91 Å². The fraction of sp³-hybridized carbons (Fsp3) is 0.500. The molecule has 1 amide bonds. The van der Waals surface area contributed by atoms with E-state index in [1.165, 1.54) is 0 Å². The Morgan fingerprint density at radius 3 is 2.74 bits per heavy atom. The van der Waals surface area contributed by atoms with E-state index in [4.69, 9.17) is 22.4 Å². The van der Waals surface area contributed by atoms with E-state index < -0.39 is 0 Å². The summed E-state index contributed by atoms with van der Waals surface area (Å²) in [5, 5.41) is 2.98. The molecular formula is C12H16BrN3O2S. The lowest BCUT2D eigenvalue weighted by Gasteiger charge is -2.31. The number of nitrogens with one attached hydrogen (secondary N) is 1. The summed E-state index contributed by atoms with van der Waals surface area (Å²) >= 11 is 8.07. The van der Waals surface area contributed by atoms with Crippen LogP contribution < -0.4 is 11.1 Å². The fourth-order valence-corrected chi connectivity index (χ4v) is 2.64. The lowest BCUT2D eigenvalue weighted by Crippen LogP contribution is -2.46. The summed E-state index contributed by atoms with van der Waals surface area (Å²) in [5.41, 5.74) is 5.52. The highest BCUT2D eigenvalue weighted by atomic mass is 79.9. The molecular weight excluding hydrogens is 330 g/mol. The van der Waals surface area contributed by atoms with Crippen LogP contribution in [0.25, 0.3) is 0 Å². The Balaban J connectivity index is 1.79. The number of furan rings is 1. The van der Waals surface area contributed by atoms with Crippen molar-refractivity contribution < 1.29 is 9.21 Å². The van der Waals surface area contributed by atoms with Crippen LogP contribution >= 0.6 is 28.1 Å². The quantitative estimate of drug-likeness (QED) is 0.809. The predicted octanol–water partition coefficient (Wildman–Crippen LogP) is 1.52. The van der Waals surface area contributed by atoms with E-state index in [1.54, 1.807) is 12.1 Å². The van der Waals surface area contributed by atoms with Gasteiger partial charge in [0.15, 0.2) is 10.4 Å². The summed E-state index contributed by atoms with van der Waals surface area (Å²) in [6, 6.07) is 3.54. The maximum absolute atomic E-state index is 11.9. The van der Waals surface area contributed by atoms with Crippen molar-refractivity contribution >= 4 is 39.0 Å². The van der Waals surface area contributed by atoms with Crippen LogP contribution in [0.1, 0.15) is 23.4 Å². The molecule has 0 atom stereocenters. The molecule has 3 N–H and O–H groups in total. The van der Waals surface area contributed by atoms with E-state index in [0.29, 0.717) is 22.0 Å². The number of carbonyl (C=O) groups excluding carboxylic acids is 1. The monoisotopic (exact) mass is 345 g/mol. The number of carbonyl (C=O) groups is 1. The number of nitrogens with zero attached hydrogens (tertiary/aromatic N) is 1. The Labute approximate surface area is 125 Å². The summed E-state index contributed by atoms with van der Waals surface area (Å²) in [6.07, 6.45) is 1.80. The zero-order valence-corrected chi connectivity index (χ0v) is 12.8. The molecule has 7 heteroatoms. The van der Waals surface area contributed by atoms with Gasteiger partial charge in [0.2, 0.25) is 0 Å². The van der Waals surface area contributed by atoms with Crippen molar-refractivity contribution in [2.24, 2.45) is 5.73 Å². The van der Waals surface area contributed by atoms with Crippen LogP contribution in [0, 0.1) is 0 Å². The Bertz CT molecular complexity index is 469. The Hall–Kier alpha value is -0.920. The molecule has 1 saturated heterocycles. The first-order chi connectivity index (χ1) is 9.04. The number of halogens is 1. The van der Waals surface area contributed by atoms with Crippen LogP contribution in [0.15, 0.2) is 21.2 Å². The highest BCUT2D eigenvalue weighted by Gasteiger charge is 2.22. The van der Waals surface area contributed by atoms with E-state index in [-0.39, 0.29) is 11.9 Å². The molecule has 0 unspecified atom stereocenters. The van der Waals surface area contributed by atoms with Gasteiger partial charge in [0.05, 0.1) is 4.99 Å². The summed E-state index contributed by atoms with van der Waals surface area (Å²) in [7, 11) is 0. The maximum Gasteiger partial charge on any atom is 0.287 e. The first-order valence-electron chi connectivity index (χ1n) is 6.11. The van der Waals surface area contributed by atoms with E-state index in [2.05, 4.69) is 26.1 Å². The number of hydrogen-bond acceptors (Lipinski definition) is 4. The number of amides is 1. The van der Waals surface area contributed by atoms with Crippen LogP contribution in [0.5, 0.6) is 0 Å². The van der Waals surface area contributed by atoms with E-state index >= 15 is 0 Å². The standard InChI is InChI=1S/C12H16BrN3O2S/c13-10-2-1-9(18-10)12(17)15-8-3-5-16(6-4-8)7-11(14)19/h1-2,8H,3-7H2,(H2,14,19)(H,15,17). The zero-order valence-electron chi connectivity index (χ0n) is 10.4. The summed E-state index contributed by atoms with van der Waals surface area (Å²) in [6.45, 7) is 2.44. The van der Waals surface area contributed by atoms with Crippen molar-refractivity contribution in [3.63, 3.8) is 0 Å². The van der Waals surface area contributed by atoms with Crippen molar-refractivity contribution in [1.82, 2.24) is 10.2 Å². The lowest BCUT2D eigenvalue weighted by molar-refractivity contribution is 0.0885. The van der Waals surface area contributed by atoms with Crippen molar-refractivity contribution in [2.45, 2.75) is 18.9 Å². The second-order valence-corrected chi connectivity index (χ2v) is 5.90. The third-order valence-electron chi connectivity index (χ3n) is 3.10. The third-order valence-corrected chi connectivity index (χ3v) is 3.65. The number of thiocarbonyl (C=S) groups is 1. The van der Waals surface area contributed by atoms with Gasteiger partial charge in [-0.3, -0.25) is 9.69 Å². The molecule has 1 aromatic rings. The molecule has 1 aliphatic heterocycles. The van der Waals surface area contributed by atoms with Gasteiger partial charge >= 0.3 is 0 Å². The average Bonchev–Trinajstić information content (AvgIpc) is 2.78. The largest absolute Gasteiger partial charge is 0.444 e. The molecule has 19 heavy (non-hydrogen) atoms. The SMILES string of the molecule is NC(=S)CN1CCC(NC(=O)c2ccc(Br)o2)CC1. The topological polar surface area (TPSA) is 71.5 Å². The Kier molecular flexibility index (Phi) is 4.95. The van der Waals surface area contributed by atoms with Gasteiger partial charge in [-0.15, -0.1) is 0 Å². The van der Waals surface area contributed by atoms with Gasteiger partial charge in [-0.2, -0.15) is 0 Å². The molecule has 1 aliphatic rings. The minimum absolute atomic E-state index is 0.168. The second-order valence-electron chi connectivity index (χ2n) is 4.59. The van der Waals surface area contributed by atoms with Crippen LogP contribution in [-0.2, 0) is 0 Å². The molecule has 0 spiro atoms. The van der Waals surface area contributed by atoms with Crippen molar-refractivity contribution in [3.8, 4) is 0 Å². The molecule has 0 radical (unpaired) electrons.